The second kappa shape index (κ2) is 7.95. The van der Waals surface area contributed by atoms with Gasteiger partial charge in [-0.15, -0.1) is 0 Å². The molecule has 0 radical (unpaired) electrons. The number of allylic oxidation sites excluding steroid dienone is 1. The van der Waals surface area contributed by atoms with Gasteiger partial charge in [0.1, 0.15) is 0 Å². The Labute approximate surface area is 133 Å². The summed E-state index contributed by atoms with van der Waals surface area (Å²) in [7, 11) is -3.27. The van der Waals surface area contributed by atoms with Gasteiger partial charge in [0.2, 0.25) is 0 Å². The summed E-state index contributed by atoms with van der Waals surface area (Å²) in [6, 6.07) is 19.1. The summed E-state index contributed by atoms with van der Waals surface area (Å²) in [5.41, 5.74) is 2.72. The molecule has 2 aromatic rings. The molecule has 0 atom stereocenters. The SMILES string of the molecule is CCCC/C(=C\S(=O)(=O)Cc1ccccc1)c1ccccc1. The molecule has 2 nitrogen and oxygen atoms in total. The molecule has 0 fully saturated rings. The lowest BCUT2D eigenvalue weighted by Gasteiger charge is -2.08. The monoisotopic (exact) mass is 314 g/mol. The summed E-state index contributed by atoms with van der Waals surface area (Å²) >= 11 is 0. The Kier molecular flexibility index (Phi) is 5.96. The van der Waals surface area contributed by atoms with Crippen LogP contribution in [-0.4, -0.2) is 8.42 Å². The second-order valence-corrected chi connectivity index (χ2v) is 7.26. The van der Waals surface area contributed by atoms with Crippen LogP contribution in [0.25, 0.3) is 5.57 Å². The average Bonchev–Trinajstić information content (AvgIpc) is 2.53. The smallest absolute Gasteiger partial charge is 0.176 e. The molecule has 0 spiro atoms. The fourth-order valence-corrected chi connectivity index (χ4v) is 3.78. The third kappa shape index (κ3) is 5.15. The van der Waals surface area contributed by atoms with Gasteiger partial charge in [0.15, 0.2) is 9.84 Å². The number of sulfone groups is 1. The Morgan fingerprint density at radius 3 is 2.14 bits per heavy atom. The van der Waals surface area contributed by atoms with Crippen molar-refractivity contribution < 1.29 is 8.42 Å². The fraction of sp³-hybridized carbons (Fsp3) is 0.263. The van der Waals surface area contributed by atoms with Crippen molar-refractivity contribution in [2.24, 2.45) is 0 Å². The molecule has 0 saturated carbocycles. The molecule has 0 aliphatic rings. The summed E-state index contributed by atoms with van der Waals surface area (Å²) in [4.78, 5) is 0. The van der Waals surface area contributed by atoms with Gasteiger partial charge in [-0.05, 0) is 29.5 Å². The number of hydrogen-bond donors (Lipinski definition) is 0. The van der Waals surface area contributed by atoms with Crippen molar-refractivity contribution in [1.82, 2.24) is 0 Å². The Morgan fingerprint density at radius 2 is 1.55 bits per heavy atom. The van der Waals surface area contributed by atoms with Gasteiger partial charge in [-0.2, -0.15) is 0 Å². The highest BCUT2D eigenvalue weighted by Gasteiger charge is 2.12. The van der Waals surface area contributed by atoms with Crippen molar-refractivity contribution in [3.8, 4) is 0 Å². The van der Waals surface area contributed by atoms with E-state index in [-0.39, 0.29) is 5.75 Å². The van der Waals surface area contributed by atoms with E-state index in [1.165, 1.54) is 5.41 Å². The molecule has 0 bridgehead atoms. The third-order valence-corrected chi connectivity index (χ3v) is 4.86. The molecule has 2 aromatic carbocycles. The van der Waals surface area contributed by atoms with E-state index in [1.54, 1.807) is 0 Å². The molecule has 0 aromatic heterocycles. The Morgan fingerprint density at radius 1 is 0.955 bits per heavy atom. The third-order valence-electron chi connectivity index (χ3n) is 3.48. The molecular formula is C19H22O2S. The van der Waals surface area contributed by atoms with E-state index in [0.29, 0.717) is 0 Å². The number of unbranched alkanes of at least 4 members (excludes halogenated alkanes) is 1. The quantitative estimate of drug-likeness (QED) is 0.733. The predicted molar refractivity (Wildman–Crippen MR) is 93.0 cm³/mol. The summed E-state index contributed by atoms with van der Waals surface area (Å²) in [6.07, 6.45) is 2.82. The normalized spacial score (nSPS) is 12.3. The minimum atomic E-state index is -3.27. The van der Waals surface area contributed by atoms with Gasteiger partial charge >= 0.3 is 0 Å². The minimum Gasteiger partial charge on any atom is -0.224 e. The molecule has 0 aliphatic carbocycles. The zero-order valence-electron chi connectivity index (χ0n) is 12.9. The molecular weight excluding hydrogens is 292 g/mol. The molecule has 0 N–H and O–H groups in total. The summed E-state index contributed by atoms with van der Waals surface area (Å²) in [5, 5.41) is 1.46. The van der Waals surface area contributed by atoms with Gasteiger partial charge in [0.25, 0.3) is 0 Å². The average molecular weight is 314 g/mol. The van der Waals surface area contributed by atoms with E-state index >= 15 is 0 Å². The first kappa shape index (κ1) is 16.5. The molecule has 0 heterocycles. The first-order valence-electron chi connectivity index (χ1n) is 7.63. The van der Waals surface area contributed by atoms with Crippen LogP contribution in [0.3, 0.4) is 0 Å². The lowest BCUT2D eigenvalue weighted by atomic mass is 10.0. The summed E-state index contributed by atoms with van der Waals surface area (Å²) in [5.74, 6) is 0.0519. The maximum absolute atomic E-state index is 12.5. The first-order chi connectivity index (χ1) is 10.6. The van der Waals surface area contributed by atoms with Crippen molar-refractivity contribution in [2.45, 2.75) is 31.9 Å². The van der Waals surface area contributed by atoms with Crippen molar-refractivity contribution in [1.29, 1.82) is 0 Å². The van der Waals surface area contributed by atoms with Crippen LogP contribution in [0.2, 0.25) is 0 Å². The van der Waals surface area contributed by atoms with E-state index < -0.39 is 9.84 Å². The van der Waals surface area contributed by atoms with Gasteiger partial charge in [-0.1, -0.05) is 74.0 Å². The molecule has 3 heteroatoms. The lowest BCUT2D eigenvalue weighted by Crippen LogP contribution is -2.02. The van der Waals surface area contributed by atoms with Crippen molar-refractivity contribution in [3.63, 3.8) is 0 Å². The lowest BCUT2D eigenvalue weighted by molar-refractivity contribution is 0.604. The zero-order chi connectivity index (χ0) is 15.8. The standard InChI is InChI=1S/C19H22O2S/c1-2-3-12-19(18-13-8-5-9-14-18)16-22(20,21)15-17-10-6-4-7-11-17/h4-11,13-14,16H,2-3,12,15H2,1H3/b19-16+. The van der Waals surface area contributed by atoms with E-state index in [1.807, 2.05) is 60.7 Å². The zero-order valence-corrected chi connectivity index (χ0v) is 13.7. The van der Waals surface area contributed by atoms with E-state index in [2.05, 4.69) is 6.92 Å². The van der Waals surface area contributed by atoms with E-state index in [0.717, 1.165) is 36.0 Å². The first-order valence-corrected chi connectivity index (χ1v) is 9.35. The molecule has 0 aliphatic heterocycles. The van der Waals surface area contributed by atoms with Gasteiger partial charge in [-0.25, -0.2) is 8.42 Å². The van der Waals surface area contributed by atoms with Crippen LogP contribution in [0, 0.1) is 0 Å². The van der Waals surface area contributed by atoms with Gasteiger partial charge < -0.3 is 0 Å². The van der Waals surface area contributed by atoms with Crippen LogP contribution in [0.15, 0.2) is 66.1 Å². The van der Waals surface area contributed by atoms with Gasteiger partial charge in [-0.3, -0.25) is 0 Å². The van der Waals surface area contributed by atoms with E-state index in [9.17, 15) is 8.42 Å². The van der Waals surface area contributed by atoms with Crippen LogP contribution in [0.1, 0.15) is 37.3 Å². The molecule has 116 valence electrons. The molecule has 2 rings (SSSR count). The van der Waals surface area contributed by atoms with Crippen molar-refractivity contribution >= 4 is 15.4 Å². The summed E-state index contributed by atoms with van der Waals surface area (Å²) < 4.78 is 24.9. The minimum absolute atomic E-state index is 0.0519. The second-order valence-electron chi connectivity index (χ2n) is 5.41. The maximum atomic E-state index is 12.5. The van der Waals surface area contributed by atoms with Gasteiger partial charge in [0, 0.05) is 5.41 Å². The largest absolute Gasteiger partial charge is 0.224 e. The van der Waals surface area contributed by atoms with Crippen LogP contribution in [0.5, 0.6) is 0 Å². The Bertz CT molecular complexity index is 702. The summed E-state index contributed by atoms with van der Waals surface area (Å²) in [6.45, 7) is 2.11. The van der Waals surface area contributed by atoms with Crippen LogP contribution >= 0.6 is 0 Å². The number of hydrogen-bond acceptors (Lipinski definition) is 2. The highest BCUT2D eigenvalue weighted by atomic mass is 32.2. The van der Waals surface area contributed by atoms with Crippen LogP contribution < -0.4 is 0 Å². The molecule has 0 amide bonds. The van der Waals surface area contributed by atoms with E-state index in [4.69, 9.17) is 0 Å². The number of benzene rings is 2. The highest BCUT2D eigenvalue weighted by Crippen LogP contribution is 2.23. The predicted octanol–water partition coefficient (Wildman–Crippen LogP) is 4.83. The molecule has 0 saturated heterocycles. The Hall–Kier alpha value is -1.87. The topological polar surface area (TPSA) is 34.1 Å². The Balaban J connectivity index is 2.27. The van der Waals surface area contributed by atoms with Crippen molar-refractivity contribution in [2.75, 3.05) is 0 Å². The molecule has 0 unspecified atom stereocenters. The number of rotatable bonds is 7. The van der Waals surface area contributed by atoms with Crippen LogP contribution in [-0.2, 0) is 15.6 Å². The van der Waals surface area contributed by atoms with Crippen LogP contribution in [0.4, 0.5) is 0 Å². The molecule has 22 heavy (non-hydrogen) atoms. The highest BCUT2D eigenvalue weighted by molar-refractivity contribution is 7.93. The van der Waals surface area contributed by atoms with Gasteiger partial charge in [0.05, 0.1) is 5.75 Å². The fourth-order valence-electron chi connectivity index (χ4n) is 2.36. The van der Waals surface area contributed by atoms with Crippen molar-refractivity contribution in [3.05, 3.63) is 77.2 Å². The maximum Gasteiger partial charge on any atom is 0.176 e.